The molecule has 0 aliphatic rings. The molecule has 0 saturated carbocycles. The van der Waals surface area contributed by atoms with Crippen molar-refractivity contribution >= 4 is 49.0 Å². The van der Waals surface area contributed by atoms with E-state index < -0.39 is 15.7 Å². The molecular weight excluding hydrogens is 458 g/mol. The van der Waals surface area contributed by atoms with Crippen molar-refractivity contribution in [1.29, 1.82) is 0 Å². The topological polar surface area (TPSA) is 85.6 Å². The van der Waals surface area contributed by atoms with Gasteiger partial charge in [0.1, 0.15) is 5.75 Å². The van der Waals surface area contributed by atoms with Crippen LogP contribution in [0.1, 0.15) is 10.6 Å². The van der Waals surface area contributed by atoms with Crippen molar-refractivity contribution in [1.82, 2.24) is 0 Å². The lowest BCUT2D eigenvalue weighted by atomic mass is 10.3. The second-order valence-electron chi connectivity index (χ2n) is 5.38. The van der Waals surface area contributed by atoms with Gasteiger partial charge >= 0.3 is 0 Å². The highest BCUT2D eigenvalue weighted by atomic mass is 79.9. The summed E-state index contributed by atoms with van der Waals surface area (Å²) in [5, 5.41) is 2.60. The first-order valence-electron chi connectivity index (χ1n) is 7.56. The zero-order valence-corrected chi connectivity index (χ0v) is 17.1. The first-order chi connectivity index (χ1) is 12.8. The van der Waals surface area contributed by atoms with E-state index >= 15 is 0 Å². The third-order valence-electron chi connectivity index (χ3n) is 3.60. The minimum Gasteiger partial charge on any atom is -0.495 e. The summed E-state index contributed by atoms with van der Waals surface area (Å²) in [6.45, 7) is 0. The van der Waals surface area contributed by atoms with Crippen molar-refractivity contribution in [3.63, 3.8) is 0 Å². The van der Waals surface area contributed by atoms with E-state index in [4.69, 9.17) is 20.8 Å². The van der Waals surface area contributed by atoms with E-state index in [1.54, 1.807) is 24.3 Å². The van der Waals surface area contributed by atoms with Gasteiger partial charge in [0.25, 0.3) is 5.91 Å². The Morgan fingerprint density at radius 3 is 2.44 bits per heavy atom. The number of amides is 1. The Morgan fingerprint density at radius 2 is 1.81 bits per heavy atom. The third kappa shape index (κ3) is 4.18. The predicted molar refractivity (Wildman–Crippen MR) is 104 cm³/mol. The van der Waals surface area contributed by atoms with Gasteiger partial charge < -0.3 is 14.5 Å². The fourth-order valence-corrected chi connectivity index (χ4v) is 3.95. The molecule has 2 aromatic carbocycles. The van der Waals surface area contributed by atoms with Crippen molar-refractivity contribution in [2.45, 2.75) is 9.99 Å². The molecule has 1 N–H and O–H groups in total. The Balaban J connectivity index is 1.81. The number of carbonyl (C=O) groups excluding carboxylic acids is 1. The smallest absolute Gasteiger partial charge is 0.291 e. The van der Waals surface area contributed by atoms with Crippen molar-refractivity contribution in [2.75, 3.05) is 12.4 Å². The number of halogens is 2. The Hall–Kier alpha value is -2.29. The van der Waals surface area contributed by atoms with Crippen molar-refractivity contribution < 1.29 is 22.4 Å². The number of sulfone groups is 1. The number of rotatable bonds is 5. The maximum Gasteiger partial charge on any atom is 0.291 e. The van der Waals surface area contributed by atoms with Crippen LogP contribution in [0, 0.1) is 0 Å². The van der Waals surface area contributed by atoms with Gasteiger partial charge in [-0.2, -0.15) is 0 Å². The van der Waals surface area contributed by atoms with Gasteiger partial charge in [-0.15, -0.1) is 0 Å². The van der Waals surface area contributed by atoms with Crippen LogP contribution in [0.4, 0.5) is 5.69 Å². The molecule has 0 aliphatic carbocycles. The molecule has 0 radical (unpaired) electrons. The van der Waals surface area contributed by atoms with Gasteiger partial charge in [0, 0.05) is 10.2 Å². The fraction of sp³-hybridized carbons (Fsp3) is 0.0556. The molecule has 3 aromatic rings. The molecule has 0 spiro atoms. The zero-order valence-electron chi connectivity index (χ0n) is 13.9. The van der Waals surface area contributed by atoms with E-state index in [1.807, 2.05) is 0 Å². The predicted octanol–water partition coefficient (Wildman–Crippen LogP) is 4.79. The van der Waals surface area contributed by atoms with Crippen LogP contribution in [-0.2, 0) is 9.84 Å². The number of anilines is 1. The number of ether oxygens (including phenoxy) is 1. The molecule has 0 saturated heterocycles. The monoisotopic (exact) mass is 469 g/mol. The summed E-state index contributed by atoms with van der Waals surface area (Å²) in [4.78, 5) is 12.4. The van der Waals surface area contributed by atoms with Gasteiger partial charge in [-0.3, -0.25) is 4.79 Å². The van der Waals surface area contributed by atoms with Crippen LogP contribution in [0.5, 0.6) is 5.75 Å². The lowest BCUT2D eigenvalue weighted by Gasteiger charge is -2.07. The maximum atomic E-state index is 12.6. The van der Waals surface area contributed by atoms with E-state index in [9.17, 15) is 13.2 Å². The Labute approximate surface area is 169 Å². The van der Waals surface area contributed by atoms with Gasteiger partial charge in [0.2, 0.25) is 14.9 Å². The standard InChI is InChI=1S/C18H13BrClNO5S/c1-25-15-7-4-12(10-14(15)20)21-18(22)16-8-9-17(26-16)27(23,24)13-5-2-11(19)3-6-13/h2-10H,1H3,(H,21,22). The number of hydrogen-bond acceptors (Lipinski definition) is 5. The highest BCUT2D eigenvalue weighted by Crippen LogP contribution is 2.28. The Bertz CT molecular complexity index is 1090. The van der Waals surface area contributed by atoms with Crippen LogP contribution in [0.15, 0.2) is 73.5 Å². The molecular formula is C18H13BrClNO5S. The quantitative estimate of drug-likeness (QED) is 0.579. The minimum absolute atomic E-state index is 0.0638. The average molecular weight is 471 g/mol. The number of carbonyl (C=O) groups is 1. The van der Waals surface area contributed by atoms with Gasteiger partial charge in [-0.25, -0.2) is 8.42 Å². The summed E-state index contributed by atoms with van der Waals surface area (Å²) < 4.78 is 36.2. The Kier molecular flexibility index (Phi) is 5.59. The number of nitrogens with one attached hydrogen (secondary N) is 1. The fourth-order valence-electron chi connectivity index (χ4n) is 2.25. The van der Waals surface area contributed by atoms with Crippen molar-refractivity contribution in [2.24, 2.45) is 0 Å². The summed E-state index contributed by atoms with van der Waals surface area (Å²) >= 11 is 9.27. The largest absolute Gasteiger partial charge is 0.495 e. The summed E-state index contributed by atoms with van der Waals surface area (Å²) in [7, 11) is -2.38. The lowest BCUT2D eigenvalue weighted by molar-refractivity contribution is 0.0991. The molecule has 0 aliphatic heterocycles. The highest BCUT2D eigenvalue weighted by molar-refractivity contribution is 9.10. The minimum atomic E-state index is -3.86. The molecule has 0 fully saturated rings. The first kappa shape index (κ1) is 19.5. The SMILES string of the molecule is COc1ccc(NC(=O)c2ccc(S(=O)(=O)c3ccc(Br)cc3)o2)cc1Cl. The highest BCUT2D eigenvalue weighted by Gasteiger charge is 2.23. The molecule has 0 unspecified atom stereocenters. The normalized spacial score (nSPS) is 11.2. The second kappa shape index (κ2) is 7.75. The summed E-state index contributed by atoms with van der Waals surface area (Å²) in [6.07, 6.45) is 0. The van der Waals surface area contributed by atoms with E-state index in [1.165, 1.54) is 37.4 Å². The van der Waals surface area contributed by atoms with Crippen LogP contribution >= 0.6 is 27.5 Å². The van der Waals surface area contributed by atoms with Crippen molar-refractivity contribution in [3.05, 3.63) is 69.9 Å². The molecule has 3 rings (SSSR count). The van der Waals surface area contributed by atoms with E-state index in [2.05, 4.69) is 21.2 Å². The Morgan fingerprint density at radius 1 is 1.11 bits per heavy atom. The molecule has 9 heteroatoms. The number of methoxy groups -OCH3 is 1. The molecule has 27 heavy (non-hydrogen) atoms. The first-order valence-corrected chi connectivity index (χ1v) is 10.2. The lowest BCUT2D eigenvalue weighted by Crippen LogP contribution is -2.11. The van der Waals surface area contributed by atoms with Crippen LogP contribution in [0.2, 0.25) is 5.02 Å². The van der Waals surface area contributed by atoms with Gasteiger partial charge in [-0.05, 0) is 54.6 Å². The van der Waals surface area contributed by atoms with E-state index in [-0.39, 0.29) is 15.7 Å². The molecule has 0 atom stereocenters. The molecule has 140 valence electrons. The number of hydrogen-bond donors (Lipinski definition) is 1. The molecule has 1 aromatic heterocycles. The summed E-state index contributed by atoms with van der Waals surface area (Å²) in [5.74, 6) is -0.276. The van der Waals surface area contributed by atoms with Gasteiger partial charge in [0.15, 0.2) is 5.76 Å². The number of furan rings is 1. The van der Waals surface area contributed by atoms with Crippen LogP contribution in [-0.4, -0.2) is 21.4 Å². The molecule has 6 nitrogen and oxygen atoms in total. The summed E-state index contributed by atoms with van der Waals surface area (Å²) in [6, 6.07) is 13.4. The second-order valence-corrected chi connectivity index (χ2v) is 8.58. The molecule has 1 amide bonds. The third-order valence-corrected chi connectivity index (χ3v) is 6.07. The van der Waals surface area contributed by atoms with Gasteiger partial charge in [-0.1, -0.05) is 27.5 Å². The van der Waals surface area contributed by atoms with Gasteiger partial charge in [0.05, 0.1) is 17.0 Å². The average Bonchev–Trinajstić information content (AvgIpc) is 3.13. The van der Waals surface area contributed by atoms with Crippen molar-refractivity contribution in [3.8, 4) is 5.75 Å². The number of benzene rings is 2. The van der Waals surface area contributed by atoms with Crippen LogP contribution in [0.3, 0.4) is 0 Å². The zero-order chi connectivity index (χ0) is 19.6. The maximum absolute atomic E-state index is 12.6. The van der Waals surface area contributed by atoms with Crippen LogP contribution in [0.25, 0.3) is 0 Å². The van der Waals surface area contributed by atoms with E-state index in [0.717, 1.165) is 4.47 Å². The molecule has 0 bridgehead atoms. The van der Waals surface area contributed by atoms with E-state index in [0.29, 0.717) is 16.5 Å². The van der Waals surface area contributed by atoms with Crippen LogP contribution < -0.4 is 10.1 Å². The summed E-state index contributed by atoms with van der Waals surface area (Å²) in [5.41, 5.74) is 0.416. The molecule has 1 heterocycles.